The van der Waals surface area contributed by atoms with Crippen molar-refractivity contribution in [1.29, 1.82) is 0 Å². The predicted octanol–water partition coefficient (Wildman–Crippen LogP) is -0.987. The topological polar surface area (TPSA) is 84.7 Å². The molecule has 1 unspecified atom stereocenters. The number of carbonyl (C=O) groups is 2. The SMILES string of the molecule is NC(=O)NCC(=O)CC1CO1. The molecule has 1 aliphatic heterocycles. The molecule has 5 nitrogen and oxygen atoms in total. The number of nitrogens with two attached hydrogens (primary N) is 1. The third-order valence-corrected chi connectivity index (χ3v) is 1.32. The number of epoxide rings is 1. The minimum absolute atomic E-state index is 0.00912. The van der Waals surface area contributed by atoms with Crippen molar-refractivity contribution in [2.45, 2.75) is 12.5 Å². The number of primary amides is 1. The highest BCUT2D eigenvalue weighted by atomic mass is 16.6. The van der Waals surface area contributed by atoms with Gasteiger partial charge in [0, 0.05) is 6.42 Å². The number of urea groups is 1. The Labute approximate surface area is 63.9 Å². The Kier molecular flexibility index (Phi) is 2.43. The summed E-state index contributed by atoms with van der Waals surface area (Å²) in [6.45, 7) is 0.664. The minimum Gasteiger partial charge on any atom is -0.373 e. The summed E-state index contributed by atoms with van der Waals surface area (Å²) in [5.41, 5.74) is 4.75. The minimum atomic E-state index is -0.671. The Morgan fingerprint density at radius 2 is 2.27 bits per heavy atom. The van der Waals surface area contributed by atoms with Gasteiger partial charge in [-0.25, -0.2) is 4.79 Å². The fourth-order valence-electron chi connectivity index (χ4n) is 0.698. The van der Waals surface area contributed by atoms with Crippen LogP contribution < -0.4 is 11.1 Å². The Bertz CT molecular complexity index is 177. The maximum Gasteiger partial charge on any atom is 0.312 e. The molecule has 0 aromatic rings. The van der Waals surface area contributed by atoms with Gasteiger partial charge in [0.05, 0.1) is 19.3 Å². The van der Waals surface area contributed by atoms with Gasteiger partial charge in [-0.05, 0) is 0 Å². The van der Waals surface area contributed by atoms with Crippen molar-refractivity contribution in [1.82, 2.24) is 5.32 Å². The fraction of sp³-hybridized carbons (Fsp3) is 0.667. The second-order valence-electron chi connectivity index (χ2n) is 2.42. The lowest BCUT2D eigenvalue weighted by Gasteiger charge is -1.97. The van der Waals surface area contributed by atoms with Crippen molar-refractivity contribution >= 4 is 11.8 Å². The molecule has 1 fully saturated rings. The molecule has 0 bridgehead atoms. The van der Waals surface area contributed by atoms with Crippen LogP contribution in [0.2, 0.25) is 0 Å². The lowest BCUT2D eigenvalue weighted by molar-refractivity contribution is -0.118. The third kappa shape index (κ3) is 3.57. The lowest BCUT2D eigenvalue weighted by atomic mass is 10.2. The van der Waals surface area contributed by atoms with Crippen LogP contribution in [-0.4, -0.2) is 31.1 Å². The summed E-state index contributed by atoms with van der Waals surface area (Å²) in [6.07, 6.45) is 0.456. The van der Waals surface area contributed by atoms with Crippen LogP contribution in [0.25, 0.3) is 0 Å². The molecule has 1 heterocycles. The van der Waals surface area contributed by atoms with Crippen molar-refractivity contribution in [3.8, 4) is 0 Å². The van der Waals surface area contributed by atoms with Crippen LogP contribution in [0.3, 0.4) is 0 Å². The summed E-state index contributed by atoms with van der Waals surface area (Å²) >= 11 is 0. The Hall–Kier alpha value is -1.10. The normalized spacial score (nSPS) is 20.9. The van der Waals surface area contributed by atoms with Crippen LogP contribution in [0, 0.1) is 0 Å². The summed E-state index contributed by atoms with van der Waals surface area (Å²) in [6, 6.07) is -0.671. The molecule has 1 atom stereocenters. The molecule has 62 valence electrons. The van der Waals surface area contributed by atoms with Crippen molar-refractivity contribution in [3.05, 3.63) is 0 Å². The van der Waals surface area contributed by atoms with Crippen molar-refractivity contribution in [2.75, 3.05) is 13.2 Å². The number of rotatable bonds is 4. The standard InChI is InChI=1S/C6H10N2O3/c7-6(10)8-2-4(9)1-5-3-11-5/h5H,1-3H2,(H3,7,8,10). The number of hydrogen-bond acceptors (Lipinski definition) is 3. The van der Waals surface area contributed by atoms with Crippen LogP contribution in [0.4, 0.5) is 4.79 Å². The summed E-state index contributed by atoms with van der Waals surface area (Å²) in [4.78, 5) is 21.0. The zero-order valence-corrected chi connectivity index (χ0v) is 6.00. The molecule has 11 heavy (non-hydrogen) atoms. The first-order valence-electron chi connectivity index (χ1n) is 3.35. The van der Waals surface area contributed by atoms with Gasteiger partial charge in [-0.2, -0.15) is 0 Å². The second kappa shape index (κ2) is 3.34. The smallest absolute Gasteiger partial charge is 0.312 e. The van der Waals surface area contributed by atoms with E-state index in [0.717, 1.165) is 0 Å². The van der Waals surface area contributed by atoms with Gasteiger partial charge in [-0.3, -0.25) is 4.79 Å². The van der Waals surface area contributed by atoms with Crippen LogP contribution in [0.15, 0.2) is 0 Å². The van der Waals surface area contributed by atoms with E-state index in [2.05, 4.69) is 5.32 Å². The highest BCUT2D eigenvalue weighted by Crippen LogP contribution is 2.12. The van der Waals surface area contributed by atoms with Crippen LogP contribution in [-0.2, 0) is 9.53 Å². The molecule has 1 saturated heterocycles. The molecule has 0 aromatic heterocycles. The molecule has 2 amide bonds. The van der Waals surface area contributed by atoms with Crippen LogP contribution in [0.1, 0.15) is 6.42 Å². The van der Waals surface area contributed by atoms with Gasteiger partial charge in [0.1, 0.15) is 0 Å². The largest absolute Gasteiger partial charge is 0.373 e. The van der Waals surface area contributed by atoms with Gasteiger partial charge in [-0.15, -0.1) is 0 Å². The average molecular weight is 158 g/mol. The lowest BCUT2D eigenvalue weighted by Crippen LogP contribution is -2.34. The predicted molar refractivity (Wildman–Crippen MR) is 37.0 cm³/mol. The first-order valence-corrected chi connectivity index (χ1v) is 3.35. The summed E-state index contributed by atoms with van der Waals surface area (Å²) in [7, 11) is 0. The van der Waals surface area contributed by atoms with Crippen molar-refractivity contribution in [3.63, 3.8) is 0 Å². The van der Waals surface area contributed by atoms with E-state index in [4.69, 9.17) is 10.5 Å². The number of hydrogen-bond donors (Lipinski definition) is 2. The highest BCUT2D eigenvalue weighted by molar-refractivity contribution is 5.85. The molecule has 0 radical (unpaired) electrons. The molecule has 3 N–H and O–H groups in total. The highest BCUT2D eigenvalue weighted by Gasteiger charge is 2.25. The van der Waals surface area contributed by atoms with E-state index < -0.39 is 6.03 Å². The van der Waals surface area contributed by atoms with E-state index in [-0.39, 0.29) is 18.4 Å². The Morgan fingerprint density at radius 1 is 1.64 bits per heavy atom. The first-order chi connectivity index (χ1) is 5.18. The number of ketones is 1. The molecule has 0 aromatic carbocycles. The fourth-order valence-corrected chi connectivity index (χ4v) is 0.698. The van der Waals surface area contributed by atoms with E-state index >= 15 is 0 Å². The number of carbonyl (C=O) groups excluding carboxylic acids is 2. The maximum atomic E-state index is 10.8. The molecular formula is C6H10N2O3. The van der Waals surface area contributed by atoms with E-state index in [1.807, 2.05) is 0 Å². The average Bonchev–Trinajstić information content (AvgIpc) is 2.67. The molecule has 1 rings (SSSR count). The Morgan fingerprint density at radius 3 is 2.73 bits per heavy atom. The van der Waals surface area contributed by atoms with Gasteiger partial charge in [-0.1, -0.05) is 0 Å². The van der Waals surface area contributed by atoms with Crippen molar-refractivity contribution < 1.29 is 14.3 Å². The zero-order chi connectivity index (χ0) is 8.27. The number of nitrogens with one attached hydrogen (secondary N) is 1. The summed E-state index contributed by atoms with van der Waals surface area (Å²) in [5, 5.41) is 2.21. The molecule has 0 spiro atoms. The van der Waals surface area contributed by atoms with Crippen LogP contribution in [0.5, 0.6) is 0 Å². The Balaban J connectivity index is 2.04. The van der Waals surface area contributed by atoms with Gasteiger partial charge in [0.2, 0.25) is 0 Å². The van der Waals surface area contributed by atoms with E-state index in [1.165, 1.54) is 0 Å². The number of amides is 2. The van der Waals surface area contributed by atoms with Gasteiger partial charge in [0.25, 0.3) is 0 Å². The molecule has 0 aliphatic carbocycles. The van der Waals surface area contributed by atoms with Gasteiger partial charge < -0.3 is 15.8 Å². The maximum absolute atomic E-state index is 10.8. The summed E-state index contributed by atoms with van der Waals surface area (Å²) in [5.74, 6) is -0.0497. The van der Waals surface area contributed by atoms with Gasteiger partial charge in [0.15, 0.2) is 5.78 Å². The molecule has 0 saturated carbocycles. The van der Waals surface area contributed by atoms with E-state index in [9.17, 15) is 9.59 Å². The van der Waals surface area contributed by atoms with E-state index in [1.54, 1.807) is 0 Å². The number of ether oxygens (including phenoxy) is 1. The van der Waals surface area contributed by atoms with Gasteiger partial charge >= 0.3 is 6.03 Å². The van der Waals surface area contributed by atoms with Crippen LogP contribution >= 0.6 is 0 Å². The van der Waals surface area contributed by atoms with Crippen molar-refractivity contribution in [2.24, 2.45) is 5.73 Å². The molecular weight excluding hydrogens is 148 g/mol. The first kappa shape index (κ1) is 8.00. The third-order valence-electron chi connectivity index (χ3n) is 1.32. The quantitative estimate of drug-likeness (QED) is 0.515. The molecule has 5 heteroatoms. The summed E-state index contributed by atoms with van der Waals surface area (Å²) < 4.78 is 4.82. The monoisotopic (exact) mass is 158 g/mol. The molecule has 1 aliphatic rings. The second-order valence-corrected chi connectivity index (χ2v) is 2.42. The zero-order valence-electron chi connectivity index (χ0n) is 6.00. The number of Topliss-reactive ketones (excluding diaryl/α,β-unsaturated/α-hetero) is 1. The van der Waals surface area contributed by atoms with E-state index in [0.29, 0.717) is 13.0 Å².